The molecule has 7 atom stereocenters. The van der Waals surface area contributed by atoms with Crippen LogP contribution in [0.5, 0.6) is 0 Å². The Hall–Kier alpha value is -1.23. The molecular formula is C34H55ClN4O4S. The van der Waals surface area contributed by atoms with Gasteiger partial charge in [0.15, 0.2) is 0 Å². The lowest BCUT2D eigenvalue weighted by atomic mass is 9.72. The van der Waals surface area contributed by atoms with Gasteiger partial charge in [0.05, 0.1) is 17.4 Å². The summed E-state index contributed by atoms with van der Waals surface area (Å²) in [6.07, 6.45) is 10.1. The highest BCUT2D eigenvalue weighted by Gasteiger charge is 2.43. The minimum atomic E-state index is -3.26. The second-order valence-corrected chi connectivity index (χ2v) is 17.2. The summed E-state index contributed by atoms with van der Waals surface area (Å²) >= 11 is 6.31. The topological polar surface area (TPSA) is 99.8 Å². The molecule has 2 saturated carbocycles. The van der Waals surface area contributed by atoms with Crippen molar-refractivity contribution in [3.63, 3.8) is 0 Å². The number of carbonyl (C=O) groups excluding carboxylic acids is 1. The summed E-state index contributed by atoms with van der Waals surface area (Å²) in [6.45, 7) is 9.99. The number of piperazine rings is 1. The van der Waals surface area contributed by atoms with Crippen molar-refractivity contribution < 1.29 is 17.9 Å². The van der Waals surface area contributed by atoms with Crippen LogP contribution in [0.3, 0.4) is 0 Å². The maximum absolute atomic E-state index is 14.4. The molecule has 0 aromatic heterocycles. The van der Waals surface area contributed by atoms with Gasteiger partial charge in [0.2, 0.25) is 15.9 Å². The predicted molar refractivity (Wildman–Crippen MR) is 177 cm³/mol. The molecular weight excluding hydrogens is 596 g/mol. The first-order valence-corrected chi connectivity index (χ1v) is 19.1. The molecule has 1 amide bonds. The number of benzene rings is 1. The van der Waals surface area contributed by atoms with Gasteiger partial charge in [0, 0.05) is 54.8 Å². The summed E-state index contributed by atoms with van der Waals surface area (Å²) in [5.41, 5.74) is 0.926. The molecule has 0 bridgehead atoms. The third kappa shape index (κ3) is 8.37. The van der Waals surface area contributed by atoms with Crippen LogP contribution in [0.2, 0.25) is 5.02 Å². The summed E-state index contributed by atoms with van der Waals surface area (Å²) in [5, 5.41) is 11.6. The van der Waals surface area contributed by atoms with Gasteiger partial charge < -0.3 is 20.7 Å². The average Bonchev–Trinajstić information content (AvgIpc) is 3.40. The Morgan fingerprint density at radius 1 is 1.11 bits per heavy atom. The molecule has 2 heterocycles. The highest BCUT2D eigenvalue weighted by atomic mass is 35.5. The molecule has 2 saturated heterocycles. The van der Waals surface area contributed by atoms with Crippen molar-refractivity contribution in [2.45, 2.75) is 134 Å². The molecule has 8 nitrogen and oxygen atoms in total. The first-order chi connectivity index (χ1) is 21.0. The van der Waals surface area contributed by atoms with Crippen LogP contribution in [0, 0.1) is 11.8 Å². The molecule has 3 N–H and O–H groups in total. The maximum atomic E-state index is 14.4. The van der Waals surface area contributed by atoms with Crippen molar-refractivity contribution in [2.24, 2.45) is 11.8 Å². The van der Waals surface area contributed by atoms with Crippen molar-refractivity contribution in [3.8, 4) is 0 Å². The van der Waals surface area contributed by atoms with Gasteiger partial charge in [-0.05, 0) is 109 Å². The van der Waals surface area contributed by atoms with Crippen LogP contribution in [-0.2, 0) is 19.6 Å². The van der Waals surface area contributed by atoms with E-state index >= 15 is 0 Å². The van der Waals surface area contributed by atoms with Crippen LogP contribution in [0.1, 0.15) is 103 Å². The Morgan fingerprint density at radius 3 is 2.50 bits per heavy atom. The lowest BCUT2D eigenvalue weighted by molar-refractivity contribution is -0.127. The summed E-state index contributed by atoms with van der Waals surface area (Å²) in [7, 11) is -3.26. The van der Waals surface area contributed by atoms with E-state index in [1.807, 2.05) is 19.1 Å². The van der Waals surface area contributed by atoms with Crippen molar-refractivity contribution in [1.82, 2.24) is 20.3 Å². The molecule has 5 rings (SSSR count). The molecule has 0 spiro atoms. The number of rotatable bonds is 12. The quantitative estimate of drug-likeness (QED) is 0.287. The number of hydrogen-bond acceptors (Lipinski definition) is 6. The second-order valence-electron chi connectivity index (χ2n) is 14.5. The van der Waals surface area contributed by atoms with Gasteiger partial charge in [-0.2, -0.15) is 4.31 Å². The van der Waals surface area contributed by atoms with Crippen molar-refractivity contribution in [1.29, 1.82) is 0 Å². The first kappa shape index (κ1) is 34.1. The molecule has 2 aliphatic carbocycles. The fraction of sp³-hybridized carbons (Fsp3) is 0.794. The normalized spacial score (nSPS) is 31.2. The van der Waals surface area contributed by atoms with Crippen molar-refractivity contribution >= 4 is 27.5 Å². The van der Waals surface area contributed by atoms with Gasteiger partial charge in [-0.3, -0.25) is 4.79 Å². The fourth-order valence-corrected chi connectivity index (χ4v) is 9.65. The lowest BCUT2D eigenvalue weighted by Gasteiger charge is -2.44. The molecule has 4 fully saturated rings. The van der Waals surface area contributed by atoms with Gasteiger partial charge >= 0.3 is 0 Å². The van der Waals surface area contributed by atoms with E-state index in [1.165, 1.54) is 6.42 Å². The van der Waals surface area contributed by atoms with Crippen molar-refractivity contribution in [3.05, 3.63) is 34.9 Å². The summed E-state index contributed by atoms with van der Waals surface area (Å²) in [5.74, 6) is 0.896. The Morgan fingerprint density at radius 2 is 1.84 bits per heavy atom. The van der Waals surface area contributed by atoms with Crippen LogP contribution in [0.15, 0.2) is 24.3 Å². The maximum Gasteiger partial charge on any atom is 0.238 e. The Bertz CT molecular complexity index is 1210. The molecule has 1 aromatic carbocycles. The van der Waals surface area contributed by atoms with Gasteiger partial charge in [0.25, 0.3) is 0 Å². The Kier molecular flexibility index (Phi) is 11.4. The zero-order valence-corrected chi connectivity index (χ0v) is 28.8. The van der Waals surface area contributed by atoms with E-state index in [9.17, 15) is 13.2 Å². The molecule has 0 radical (unpaired) electrons. The van der Waals surface area contributed by atoms with E-state index in [0.29, 0.717) is 42.6 Å². The number of amides is 1. The number of sulfonamides is 1. The summed E-state index contributed by atoms with van der Waals surface area (Å²) in [6, 6.07) is 8.35. The van der Waals surface area contributed by atoms with Crippen LogP contribution < -0.4 is 16.0 Å². The van der Waals surface area contributed by atoms with Gasteiger partial charge in [-0.15, -0.1) is 0 Å². The highest BCUT2D eigenvalue weighted by molar-refractivity contribution is 7.89. The van der Waals surface area contributed by atoms with Crippen LogP contribution in [0.4, 0.5) is 0 Å². The van der Waals surface area contributed by atoms with E-state index in [1.54, 1.807) is 11.2 Å². The molecule has 10 heteroatoms. The minimum Gasteiger partial charge on any atom is -0.376 e. The van der Waals surface area contributed by atoms with Crippen LogP contribution in [-0.4, -0.2) is 79.9 Å². The molecule has 4 aliphatic rings. The minimum absolute atomic E-state index is 0.0130. The van der Waals surface area contributed by atoms with E-state index in [0.717, 1.165) is 63.4 Å². The number of hydrogen-bond donors (Lipinski definition) is 3. The molecule has 248 valence electrons. The third-order valence-corrected chi connectivity index (χ3v) is 12.9. The number of halogens is 1. The Balaban J connectivity index is 1.32. The van der Waals surface area contributed by atoms with Gasteiger partial charge in [-0.25, -0.2) is 8.42 Å². The summed E-state index contributed by atoms with van der Waals surface area (Å²) < 4.78 is 33.6. The van der Waals surface area contributed by atoms with E-state index in [2.05, 4.69) is 41.9 Å². The monoisotopic (exact) mass is 650 g/mol. The SMILES string of the molecule is CCS(=O)(=O)N1CC(C)NCC1CCC1CCCC1NC(=O)C(NC1CCC1)C(c1ccc(Cl)cc1)C1CCOC(C)(C)C1. The van der Waals surface area contributed by atoms with E-state index < -0.39 is 10.0 Å². The van der Waals surface area contributed by atoms with E-state index in [4.69, 9.17) is 16.3 Å². The lowest BCUT2D eigenvalue weighted by Crippen LogP contribution is -2.58. The number of nitrogens with one attached hydrogen (secondary N) is 3. The van der Waals surface area contributed by atoms with E-state index in [-0.39, 0.29) is 47.3 Å². The second kappa shape index (κ2) is 14.7. The zero-order chi connectivity index (χ0) is 31.5. The largest absolute Gasteiger partial charge is 0.376 e. The standard InChI is InChI=1S/C34H55ClN4O4S/c1-5-44(41,42)39-22-23(2)36-21-29(39)17-14-24-8-6-11-30(24)38-33(40)32(37-28-9-7-10-28)31(25-12-15-27(35)16-13-25)26-18-19-43-34(3,4)20-26/h12-13,15-16,23-24,26,28-32,36-37H,5-11,14,17-22H2,1-4H3,(H,38,40). The summed E-state index contributed by atoms with van der Waals surface area (Å²) in [4.78, 5) is 14.4. The zero-order valence-electron chi connectivity index (χ0n) is 27.2. The fourth-order valence-electron chi connectivity index (χ4n) is 8.11. The Labute approximate surface area is 270 Å². The molecule has 1 aromatic rings. The predicted octanol–water partition coefficient (Wildman–Crippen LogP) is 5.22. The smallest absolute Gasteiger partial charge is 0.238 e. The average molecular weight is 651 g/mol. The number of ether oxygens (including phenoxy) is 1. The number of carbonyl (C=O) groups is 1. The van der Waals surface area contributed by atoms with Crippen LogP contribution >= 0.6 is 11.6 Å². The molecule has 7 unspecified atom stereocenters. The highest BCUT2D eigenvalue weighted by Crippen LogP contribution is 2.41. The number of nitrogens with zero attached hydrogens (tertiary/aromatic N) is 1. The molecule has 2 aliphatic heterocycles. The van der Waals surface area contributed by atoms with Crippen LogP contribution in [0.25, 0.3) is 0 Å². The molecule has 44 heavy (non-hydrogen) atoms. The third-order valence-electron chi connectivity index (χ3n) is 10.8. The first-order valence-electron chi connectivity index (χ1n) is 17.1. The van der Waals surface area contributed by atoms with Crippen molar-refractivity contribution in [2.75, 3.05) is 25.4 Å². The van der Waals surface area contributed by atoms with Gasteiger partial charge in [-0.1, -0.05) is 36.6 Å². The van der Waals surface area contributed by atoms with Gasteiger partial charge in [0.1, 0.15) is 0 Å².